The van der Waals surface area contributed by atoms with Gasteiger partial charge in [0, 0.05) is 15.7 Å². The molecule has 158 valence electrons. The number of Topliss-reactive ketones (excluding diaryl/α,β-unsaturated/α-hetero) is 2. The van der Waals surface area contributed by atoms with Crippen LogP contribution in [-0.4, -0.2) is 11.6 Å². The van der Waals surface area contributed by atoms with Crippen LogP contribution in [0.3, 0.4) is 0 Å². The van der Waals surface area contributed by atoms with Gasteiger partial charge in [-0.05, 0) is 73.8 Å². The largest absolute Gasteiger partial charge is 0.300 e. The molecule has 0 N–H and O–H groups in total. The molecule has 2 aromatic carbocycles. The number of fused-ring (bicyclic) bond motifs is 1. The fourth-order valence-electron chi connectivity index (χ4n) is 3.62. The highest BCUT2D eigenvalue weighted by atomic mass is 16.1. The van der Waals surface area contributed by atoms with Gasteiger partial charge < -0.3 is 9.59 Å². The number of rotatable bonds is 9. The number of carbonyl (C=O) groups is 2. The Morgan fingerprint density at radius 1 is 0.862 bits per heavy atom. The van der Waals surface area contributed by atoms with E-state index in [2.05, 4.69) is 61.5 Å². The van der Waals surface area contributed by atoms with Crippen molar-refractivity contribution in [2.45, 2.75) is 72.1 Å². The Morgan fingerprint density at radius 2 is 1.52 bits per heavy atom. The zero-order valence-corrected chi connectivity index (χ0v) is 18.2. The summed E-state index contributed by atoms with van der Waals surface area (Å²) < 4.78 is 0. The molecule has 3 rings (SSSR count). The lowest BCUT2D eigenvalue weighted by Gasteiger charge is -2.08. The second-order valence-electron chi connectivity index (χ2n) is 7.92. The summed E-state index contributed by atoms with van der Waals surface area (Å²) in [4.78, 5) is 20.6. The molecular weight excluding hydrogens is 356 g/mol. The number of benzene rings is 2. The highest BCUT2D eigenvalue weighted by molar-refractivity contribution is 5.78. The van der Waals surface area contributed by atoms with Gasteiger partial charge in [-0.3, -0.25) is 0 Å². The summed E-state index contributed by atoms with van der Waals surface area (Å²) in [5.74, 6) is 0.326. The van der Waals surface area contributed by atoms with Gasteiger partial charge in [-0.1, -0.05) is 68.0 Å². The maximum Gasteiger partial charge on any atom is 0.129 e. The van der Waals surface area contributed by atoms with Gasteiger partial charge in [0.2, 0.25) is 0 Å². The van der Waals surface area contributed by atoms with Crippen LogP contribution in [0.2, 0.25) is 0 Å². The maximum atomic E-state index is 10.3. The molecule has 2 nitrogen and oxygen atoms in total. The Labute approximate surface area is 179 Å². The van der Waals surface area contributed by atoms with Crippen molar-refractivity contribution in [2.24, 2.45) is 0 Å². The molecule has 0 heterocycles. The summed E-state index contributed by atoms with van der Waals surface area (Å²) in [6.45, 7) is 5.35. The Bertz CT molecular complexity index is 828. The lowest BCUT2D eigenvalue weighted by molar-refractivity contribution is -0.118. The van der Waals surface area contributed by atoms with Crippen LogP contribution in [0.25, 0.3) is 5.57 Å². The van der Waals surface area contributed by atoms with Crippen molar-refractivity contribution in [1.82, 2.24) is 0 Å². The quantitative estimate of drug-likeness (QED) is 0.457. The first-order chi connectivity index (χ1) is 14.0. The molecule has 0 aliphatic heterocycles. The average molecular weight is 395 g/mol. The summed E-state index contributed by atoms with van der Waals surface area (Å²) >= 11 is 0. The van der Waals surface area contributed by atoms with E-state index in [-0.39, 0.29) is 14.4 Å². The van der Waals surface area contributed by atoms with Gasteiger partial charge in [0.05, 0.1) is 0 Å². The molecule has 1 aliphatic carbocycles. The van der Waals surface area contributed by atoms with Crippen molar-refractivity contribution < 1.29 is 12.4 Å². The van der Waals surface area contributed by atoms with E-state index in [0.29, 0.717) is 19.3 Å². The molecule has 0 saturated heterocycles. The van der Waals surface area contributed by atoms with E-state index < -0.39 is 0 Å². The van der Waals surface area contributed by atoms with E-state index in [1.165, 1.54) is 35.1 Å². The molecular formula is C27H38O2. The van der Waals surface area contributed by atoms with Crippen LogP contribution < -0.4 is 0 Å². The molecule has 0 saturated carbocycles. The molecule has 0 amide bonds. The summed E-state index contributed by atoms with van der Waals surface area (Å²) in [5, 5.41) is 0. The fraction of sp³-hybridized carbons (Fsp3) is 0.407. The van der Waals surface area contributed by atoms with Crippen LogP contribution in [0, 0.1) is 0 Å². The molecule has 2 aromatic rings. The van der Waals surface area contributed by atoms with E-state index in [1.807, 2.05) is 0 Å². The predicted molar refractivity (Wildman–Crippen MR) is 126 cm³/mol. The minimum Gasteiger partial charge on any atom is -0.300 e. The number of allylic oxidation sites excluding steroid dienone is 2. The minimum absolute atomic E-state index is 0. The van der Waals surface area contributed by atoms with E-state index in [1.54, 1.807) is 19.4 Å². The third-order valence-corrected chi connectivity index (χ3v) is 5.21. The van der Waals surface area contributed by atoms with E-state index in [0.717, 1.165) is 19.3 Å². The van der Waals surface area contributed by atoms with Crippen molar-refractivity contribution in [2.75, 3.05) is 0 Å². The van der Waals surface area contributed by atoms with Gasteiger partial charge in [0.1, 0.15) is 11.6 Å². The van der Waals surface area contributed by atoms with E-state index in [9.17, 15) is 9.59 Å². The van der Waals surface area contributed by atoms with Crippen molar-refractivity contribution in [1.29, 1.82) is 0 Å². The highest BCUT2D eigenvalue weighted by Crippen LogP contribution is 2.31. The van der Waals surface area contributed by atoms with Gasteiger partial charge in [-0.2, -0.15) is 0 Å². The lowest BCUT2D eigenvalue weighted by atomic mass is 9.97. The predicted octanol–water partition coefficient (Wildman–Crippen LogP) is 7.04. The van der Waals surface area contributed by atoms with Gasteiger partial charge >= 0.3 is 0 Å². The SMILES string of the molecule is CC(=O)CCCC(C)=O.CCCC1=CCc2ccc(CCc3ccccc3)cc21.[HH].[HH]. The molecule has 1 aliphatic rings. The smallest absolute Gasteiger partial charge is 0.129 e. The molecule has 0 bridgehead atoms. The second kappa shape index (κ2) is 12.2. The maximum absolute atomic E-state index is 10.3. The fourth-order valence-corrected chi connectivity index (χ4v) is 3.62. The summed E-state index contributed by atoms with van der Waals surface area (Å²) in [6.07, 6.45) is 10.1. The standard InChI is InChI=1S/C20H22.C7H12O2.2H2/c1-2-6-18-13-14-19-12-11-17(15-20(18)19)10-9-16-7-4-3-5-8-16;1-6(8)4-3-5-7(2)9;;/h3-5,7-8,11-13,15H,2,6,9-10,14H2,1H3;3-5H2,1-2H3;2*1H. The average Bonchev–Trinajstić information content (AvgIpc) is 3.10. The molecule has 29 heavy (non-hydrogen) atoms. The molecule has 0 atom stereocenters. The van der Waals surface area contributed by atoms with Crippen LogP contribution in [0.15, 0.2) is 54.6 Å². The normalized spacial score (nSPS) is 11.9. The Hall–Kier alpha value is -2.48. The highest BCUT2D eigenvalue weighted by Gasteiger charge is 2.13. The first-order valence-corrected chi connectivity index (χ1v) is 10.8. The molecule has 0 radical (unpaired) electrons. The summed E-state index contributed by atoms with van der Waals surface area (Å²) in [5.41, 5.74) is 7.48. The molecule has 0 spiro atoms. The lowest BCUT2D eigenvalue weighted by Crippen LogP contribution is -1.94. The third-order valence-electron chi connectivity index (χ3n) is 5.21. The van der Waals surface area contributed by atoms with Crippen molar-refractivity contribution in [3.63, 3.8) is 0 Å². The zero-order valence-electron chi connectivity index (χ0n) is 18.2. The second-order valence-corrected chi connectivity index (χ2v) is 7.92. The van der Waals surface area contributed by atoms with Crippen molar-refractivity contribution in [3.05, 3.63) is 76.9 Å². The monoisotopic (exact) mass is 394 g/mol. The summed E-state index contributed by atoms with van der Waals surface area (Å²) in [7, 11) is 0. The van der Waals surface area contributed by atoms with Gasteiger partial charge in [0.25, 0.3) is 0 Å². The molecule has 0 unspecified atom stereocenters. The van der Waals surface area contributed by atoms with Crippen molar-refractivity contribution in [3.8, 4) is 0 Å². The first kappa shape index (κ1) is 22.8. The van der Waals surface area contributed by atoms with Gasteiger partial charge in [-0.25, -0.2) is 0 Å². The summed E-state index contributed by atoms with van der Waals surface area (Å²) in [6, 6.07) is 17.8. The number of hydrogen-bond donors (Lipinski definition) is 0. The molecule has 0 aromatic heterocycles. The van der Waals surface area contributed by atoms with E-state index in [4.69, 9.17) is 0 Å². The van der Waals surface area contributed by atoms with Crippen LogP contribution in [0.4, 0.5) is 0 Å². The van der Waals surface area contributed by atoms with Gasteiger partial charge in [0.15, 0.2) is 0 Å². The number of hydrogen-bond acceptors (Lipinski definition) is 2. The van der Waals surface area contributed by atoms with Crippen LogP contribution in [0.5, 0.6) is 0 Å². The number of ketones is 2. The van der Waals surface area contributed by atoms with Crippen LogP contribution in [0.1, 0.15) is 78.0 Å². The Morgan fingerprint density at radius 3 is 2.14 bits per heavy atom. The molecule has 2 heteroatoms. The Kier molecular flexibility index (Phi) is 9.56. The van der Waals surface area contributed by atoms with E-state index >= 15 is 0 Å². The van der Waals surface area contributed by atoms with Gasteiger partial charge in [-0.15, -0.1) is 0 Å². The topological polar surface area (TPSA) is 34.1 Å². The zero-order chi connectivity index (χ0) is 21.1. The number of carbonyl (C=O) groups excluding carboxylic acids is 2. The number of aryl methyl sites for hydroxylation is 2. The van der Waals surface area contributed by atoms with Crippen LogP contribution >= 0.6 is 0 Å². The minimum atomic E-state index is 0. The van der Waals surface area contributed by atoms with Crippen molar-refractivity contribution >= 4 is 17.1 Å². The Balaban J connectivity index is 0.000000709. The first-order valence-electron chi connectivity index (χ1n) is 10.8. The van der Waals surface area contributed by atoms with Crippen LogP contribution in [-0.2, 0) is 28.9 Å². The molecule has 0 fully saturated rings. The third kappa shape index (κ3) is 8.19.